The third-order valence-electron chi connectivity index (χ3n) is 2.53. The second-order valence-electron chi connectivity index (χ2n) is 4.08. The highest BCUT2D eigenvalue weighted by Crippen LogP contribution is 2.20. The van der Waals surface area contributed by atoms with Crippen molar-refractivity contribution >= 4 is 44.9 Å². The average Bonchev–Trinajstić information content (AvgIpc) is 2.42. The molecule has 5 nitrogen and oxygen atoms in total. The van der Waals surface area contributed by atoms with Crippen molar-refractivity contribution in [1.29, 1.82) is 0 Å². The van der Waals surface area contributed by atoms with Gasteiger partial charge in [0.25, 0.3) is 0 Å². The lowest BCUT2D eigenvalue weighted by atomic mass is 10.2. The van der Waals surface area contributed by atoms with E-state index in [0.717, 1.165) is 15.7 Å². The maximum Gasteiger partial charge on any atom is 0.243 e. The predicted molar refractivity (Wildman–Crippen MR) is 83.0 cm³/mol. The first-order valence-corrected chi connectivity index (χ1v) is 6.99. The van der Waals surface area contributed by atoms with Crippen LogP contribution in [0.3, 0.4) is 0 Å². The zero-order chi connectivity index (χ0) is 14.5. The third-order valence-corrected chi connectivity index (χ3v) is 3.69. The summed E-state index contributed by atoms with van der Waals surface area (Å²) in [6, 6.07) is 5.60. The number of aryl methyl sites for hydroxylation is 1. The molecule has 2 rings (SSSR count). The summed E-state index contributed by atoms with van der Waals surface area (Å²) < 4.78 is 1.00. The monoisotopic (exact) mass is 354 g/mol. The first kappa shape index (κ1) is 14.7. The smallest absolute Gasteiger partial charge is 0.243 e. The molecule has 2 N–H and O–H groups in total. The van der Waals surface area contributed by atoms with Gasteiger partial charge in [-0.05, 0) is 30.7 Å². The normalized spacial score (nSPS) is 10.2. The Kier molecular flexibility index (Phi) is 4.92. The van der Waals surface area contributed by atoms with E-state index < -0.39 is 0 Å². The lowest BCUT2D eigenvalue weighted by molar-refractivity contribution is -0.114. The first-order chi connectivity index (χ1) is 9.56. The second kappa shape index (κ2) is 6.67. The number of nitrogens with one attached hydrogen (secondary N) is 2. The molecule has 0 bridgehead atoms. The zero-order valence-corrected chi connectivity index (χ0v) is 13.0. The molecule has 0 radical (unpaired) electrons. The number of aromatic nitrogens is 2. The van der Waals surface area contributed by atoms with E-state index in [1.807, 2.05) is 25.1 Å². The Balaban J connectivity index is 1.93. The van der Waals surface area contributed by atoms with Crippen LogP contribution in [0, 0.1) is 6.92 Å². The van der Waals surface area contributed by atoms with Crippen LogP contribution in [-0.2, 0) is 4.79 Å². The molecule has 1 amide bonds. The summed E-state index contributed by atoms with van der Waals surface area (Å²) in [6.45, 7) is 2.03. The van der Waals surface area contributed by atoms with Gasteiger partial charge in [-0.15, -0.1) is 0 Å². The zero-order valence-electron chi connectivity index (χ0n) is 10.7. The maximum absolute atomic E-state index is 11.8. The van der Waals surface area contributed by atoms with E-state index >= 15 is 0 Å². The SMILES string of the molecule is Cc1cc(NC(=O)CNc2ncncc2Cl)ccc1Br. The van der Waals surface area contributed by atoms with E-state index in [-0.39, 0.29) is 12.5 Å². The summed E-state index contributed by atoms with van der Waals surface area (Å²) in [5, 5.41) is 6.02. The van der Waals surface area contributed by atoms with Crippen LogP contribution in [0.4, 0.5) is 11.5 Å². The molecular weight excluding hydrogens is 344 g/mol. The Morgan fingerprint density at radius 1 is 1.45 bits per heavy atom. The third kappa shape index (κ3) is 3.91. The van der Waals surface area contributed by atoms with Crippen molar-refractivity contribution in [2.75, 3.05) is 17.2 Å². The van der Waals surface area contributed by atoms with Gasteiger partial charge in [0.15, 0.2) is 0 Å². The van der Waals surface area contributed by atoms with E-state index in [1.54, 1.807) is 0 Å². The Morgan fingerprint density at radius 2 is 2.25 bits per heavy atom. The average molecular weight is 356 g/mol. The molecule has 2 aromatic rings. The second-order valence-corrected chi connectivity index (χ2v) is 5.35. The number of nitrogens with zero attached hydrogens (tertiary/aromatic N) is 2. The number of hydrogen-bond donors (Lipinski definition) is 2. The van der Waals surface area contributed by atoms with Crippen molar-refractivity contribution in [3.63, 3.8) is 0 Å². The number of hydrogen-bond acceptors (Lipinski definition) is 4. The molecule has 0 atom stereocenters. The number of anilines is 2. The van der Waals surface area contributed by atoms with Gasteiger partial charge in [-0.3, -0.25) is 4.79 Å². The molecule has 104 valence electrons. The van der Waals surface area contributed by atoms with Crippen LogP contribution >= 0.6 is 27.5 Å². The number of amides is 1. The van der Waals surface area contributed by atoms with Crippen LogP contribution in [0.2, 0.25) is 5.02 Å². The number of benzene rings is 1. The molecule has 0 fully saturated rings. The molecule has 0 spiro atoms. The van der Waals surface area contributed by atoms with Crippen molar-refractivity contribution < 1.29 is 4.79 Å². The molecular formula is C13H12BrClN4O. The van der Waals surface area contributed by atoms with Gasteiger partial charge < -0.3 is 10.6 Å². The topological polar surface area (TPSA) is 66.9 Å². The predicted octanol–water partition coefficient (Wildman–Crippen LogP) is 3.25. The van der Waals surface area contributed by atoms with Gasteiger partial charge in [0.05, 0.1) is 12.7 Å². The van der Waals surface area contributed by atoms with E-state index in [2.05, 4.69) is 36.5 Å². The Morgan fingerprint density at radius 3 is 2.95 bits per heavy atom. The summed E-state index contributed by atoms with van der Waals surface area (Å²) in [6.07, 6.45) is 2.83. The van der Waals surface area contributed by atoms with Gasteiger partial charge >= 0.3 is 0 Å². The molecule has 0 unspecified atom stereocenters. The minimum absolute atomic E-state index is 0.0752. The summed E-state index contributed by atoms with van der Waals surface area (Å²) in [5.41, 5.74) is 1.79. The van der Waals surface area contributed by atoms with Crippen molar-refractivity contribution in [1.82, 2.24) is 9.97 Å². The molecule has 1 heterocycles. The summed E-state index contributed by atoms with van der Waals surface area (Å²) in [7, 11) is 0. The summed E-state index contributed by atoms with van der Waals surface area (Å²) >= 11 is 9.29. The van der Waals surface area contributed by atoms with E-state index in [1.165, 1.54) is 12.5 Å². The quantitative estimate of drug-likeness (QED) is 0.883. The number of carbonyl (C=O) groups is 1. The maximum atomic E-state index is 11.8. The highest BCUT2D eigenvalue weighted by Gasteiger charge is 2.06. The lowest BCUT2D eigenvalue weighted by Crippen LogP contribution is -2.22. The number of halogens is 2. The Hall–Kier alpha value is -1.66. The fraction of sp³-hybridized carbons (Fsp3) is 0.154. The molecule has 0 saturated heterocycles. The highest BCUT2D eigenvalue weighted by molar-refractivity contribution is 9.10. The van der Waals surface area contributed by atoms with E-state index in [9.17, 15) is 4.79 Å². The molecule has 20 heavy (non-hydrogen) atoms. The minimum Gasteiger partial charge on any atom is -0.360 e. The highest BCUT2D eigenvalue weighted by atomic mass is 79.9. The molecule has 0 saturated carbocycles. The Labute approximate surface area is 129 Å². The largest absolute Gasteiger partial charge is 0.360 e. The van der Waals surface area contributed by atoms with Crippen molar-refractivity contribution in [3.8, 4) is 0 Å². The Bertz CT molecular complexity index is 636. The van der Waals surface area contributed by atoms with Crippen molar-refractivity contribution in [3.05, 3.63) is 45.8 Å². The molecule has 0 aliphatic heterocycles. The van der Waals surface area contributed by atoms with Crippen LogP contribution in [-0.4, -0.2) is 22.4 Å². The first-order valence-electron chi connectivity index (χ1n) is 5.81. The van der Waals surface area contributed by atoms with Crippen LogP contribution in [0.1, 0.15) is 5.56 Å². The van der Waals surface area contributed by atoms with E-state index in [0.29, 0.717) is 10.8 Å². The fourth-order valence-corrected chi connectivity index (χ4v) is 1.95. The van der Waals surface area contributed by atoms with Gasteiger partial charge in [-0.1, -0.05) is 27.5 Å². The fourth-order valence-electron chi connectivity index (χ4n) is 1.53. The van der Waals surface area contributed by atoms with Gasteiger partial charge in [0, 0.05) is 10.2 Å². The molecule has 0 aliphatic rings. The molecule has 1 aromatic carbocycles. The van der Waals surface area contributed by atoms with E-state index in [4.69, 9.17) is 11.6 Å². The lowest BCUT2D eigenvalue weighted by Gasteiger charge is -2.09. The van der Waals surface area contributed by atoms with Gasteiger partial charge in [0.2, 0.25) is 5.91 Å². The van der Waals surface area contributed by atoms with Crippen LogP contribution in [0.15, 0.2) is 35.2 Å². The van der Waals surface area contributed by atoms with Crippen molar-refractivity contribution in [2.24, 2.45) is 0 Å². The van der Waals surface area contributed by atoms with Crippen LogP contribution < -0.4 is 10.6 Å². The standard InChI is InChI=1S/C13H12BrClN4O/c1-8-4-9(2-3-10(8)14)19-12(20)6-17-13-11(15)5-16-7-18-13/h2-5,7H,6H2,1H3,(H,19,20)(H,16,17,18). The molecule has 1 aromatic heterocycles. The summed E-state index contributed by atoms with van der Waals surface area (Å²) in [5.74, 6) is 0.255. The molecule has 0 aliphatic carbocycles. The number of rotatable bonds is 4. The summed E-state index contributed by atoms with van der Waals surface area (Å²) in [4.78, 5) is 19.5. The van der Waals surface area contributed by atoms with Gasteiger partial charge in [-0.2, -0.15) is 0 Å². The number of carbonyl (C=O) groups excluding carboxylic acids is 1. The molecule has 7 heteroatoms. The van der Waals surface area contributed by atoms with Gasteiger partial charge in [0.1, 0.15) is 17.2 Å². The van der Waals surface area contributed by atoms with Crippen LogP contribution in [0.25, 0.3) is 0 Å². The van der Waals surface area contributed by atoms with Crippen LogP contribution in [0.5, 0.6) is 0 Å². The van der Waals surface area contributed by atoms with Crippen molar-refractivity contribution in [2.45, 2.75) is 6.92 Å². The minimum atomic E-state index is -0.179. The van der Waals surface area contributed by atoms with Gasteiger partial charge in [-0.25, -0.2) is 9.97 Å².